The van der Waals surface area contributed by atoms with Crippen LogP contribution in [0.5, 0.6) is 5.88 Å². The van der Waals surface area contributed by atoms with Gasteiger partial charge >= 0.3 is 0 Å². The highest BCUT2D eigenvalue weighted by atomic mass is 32.1. The molecule has 0 aliphatic carbocycles. The maximum Gasteiger partial charge on any atom is 0.224 e. The molecule has 0 spiro atoms. The van der Waals surface area contributed by atoms with E-state index in [2.05, 4.69) is 10.3 Å². The van der Waals surface area contributed by atoms with Gasteiger partial charge in [-0.25, -0.2) is 4.98 Å². The molecule has 1 fully saturated rings. The van der Waals surface area contributed by atoms with Crippen LogP contribution in [0.15, 0.2) is 35.8 Å². The molecule has 1 aliphatic rings. The molecule has 25 heavy (non-hydrogen) atoms. The van der Waals surface area contributed by atoms with Crippen LogP contribution in [0, 0.1) is 0 Å². The first-order valence-electron chi connectivity index (χ1n) is 8.15. The van der Waals surface area contributed by atoms with Crippen molar-refractivity contribution in [3.8, 4) is 5.88 Å². The summed E-state index contributed by atoms with van der Waals surface area (Å²) in [5.74, 6) is 0.445. The van der Waals surface area contributed by atoms with Crippen molar-refractivity contribution in [1.82, 2.24) is 10.3 Å². The van der Waals surface area contributed by atoms with Crippen molar-refractivity contribution in [1.29, 1.82) is 0 Å². The molecule has 1 saturated heterocycles. The van der Waals surface area contributed by atoms with Crippen molar-refractivity contribution in [3.63, 3.8) is 0 Å². The van der Waals surface area contributed by atoms with E-state index in [4.69, 9.17) is 9.47 Å². The summed E-state index contributed by atoms with van der Waals surface area (Å²) >= 11 is 1.37. The first-order chi connectivity index (χ1) is 12.1. The minimum Gasteiger partial charge on any atom is -0.470 e. The summed E-state index contributed by atoms with van der Waals surface area (Å²) in [7, 11) is 0. The molecule has 0 saturated carbocycles. The second kappa shape index (κ2) is 8.22. The van der Waals surface area contributed by atoms with Crippen LogP contribution in [0.25, 0.3) is 0 Å². The molecular weight excluding hydrogens is 340 g/mol. The number of nitrogens with one attached hydrogen (secondary N) is 1. The molecular formula is C18H20N2O4S. The van der Waals surface area contributed by atoms with E-state index >= 15 is 0 Å². The molecule has 3 rings (SSSR count). The lowest BCUT2D eigenvalue weighted by molar-refractivity contribution is -0.123. The van der Waals surface area contributed by atoms with Gasteiger partial charge in [-0.3, -0.25) is 9.59 Å². The van der Waals surface area contributed by atoms with E-state index in [0.717, 1.165) is 5.56 Å². The Morgan fingerprint density at radius 3 is 3.04 bits per heavy atom. The fourth-order valence-electron chi connectivity index (χ4n) is 2.66. The van der Waals surface area contributed by atoms with Crippen LogP contribution in [0.3, 0.4) is 0 Å². The van der Waals surface area contributed by atoms with E-state index in [0.29, 0.717) is 30.4 Å². The van der Waals surface area contributed by atoms with E-state index < -0.39 is 0 Å². The van der Waals surface area contributed by atoms with Crippen LogP contribution < -0.4 is 10.1 Å². The average molecular weight is 360 g/mol. The van der Waals surface area contributed by atoms with Gasteiger partial charge in [0.05, 0.1) is 23.9 Å². The highest BCUT2D eigenvalue weighted by molar-refractivity contribution is 7.12. The van der Waals surface area contributed by atoms with Gasteiger partial charge in [0.1, 0.15) is 6.10 Å². The lowest BCUT2D eigenvalue weighted by Gasteiger charge is -2.32. The SMILES string of the molecule is CC(=O)c1cc(CC(=O)NC2CCOCC2Oc2ccccn2)cs1. The Bertz CT molecular complexity index is 732. The molecule has 1 N–H and O–H groups in total. The Morgan fingerprint density at radius 2 is 2.32 bits per heavy atom. The number of thiophene rings is 1. The van der Waals surface area contributed by atoms with E-state index in [1.165, 1.54) is 18.3 Å². The molecule has 0 bridgehead atoms. The molecule has 3 heterocycles. The third kappa shape index (κ3) is 4.87. The van der Waals surface area contributed by atoms with E-state index in [-0.39, 0.29) is 30.3 Å². The minimum atomic E-state index is -0.275. The fraction of sp³-hybridized carbons (Fsp3) is 0.389. The predicted octanol–water partition coefficient (Wildman–Crippen LogP) is 2.24. The monoisotopic (exact) mass is 360 g/mol. The third-order valence-electron chi connectivity index (χ3n) is 3.93. The van der Waals surface area contributed by atoms with Gasteiger partial charge in [-0.2, -0.15) is 0 Å². The van der Waals surface area contributed by atoms with Gasteiger partial charge in [-0.15, -0.1) is 11.3 Å². The summed E-state index contributed by atoms with van der Waals surface area (Å²) in [5.41, 5.74) is 0.849. The molecule has 0 radical (unpaired) electrons. The van der Waals surface area contributed by atoms with Crippen molar-refractivity contribution < 1.29 is 19.1 Å². The average Bonchev–Trinajstić information content (AvgIpc) is 3.06. The standard InChI is InChI=1S/C18H20N2O4S/c1-12(21)16-8-13(11-25-16)9-17(22)20-14-5-7-23-10-15(14)24-18-4-2-3-6-19-18/h2-4,6,8,11,14-15H,5,7,9-10H2,1H3,(H,20,22). The zero-order chi connectivity index (χ0) is 17.6. The Balaban J connectivity index is 1.58. The zero-order valence-electron chi connectivity index (χ0n) is 13.9. The number of nitrogens with zero attached hydrogens (tertiary/aromatic N) is 1. The Kier molecular flexibility index (Phi) is 5.78. The largest absolute Gasteiger partial charge is 0.470 e. The number of carbonyl (C=O) groups excluding carboxylic acids is 2. The summed E-state index contributed by atoms with van der Waals surface area (Å²) in [6.45, 7) is 2.52. The third-order valence-corrected chi connectivity index (χ3v) is 5.01. The smallest absolute Gasteiger partial charge is 0.224 e. The van der Waals surface area contributed by atoms with Crippen molar-refractivity contribution in [2.75, 3.05) is 13.2 Å². The molecule has 132 valence electrons. The quantitative estimate of drug-likeness (QED) is 0.800. The number of Topliss-reactive ketones (excluding diaryl/α,β-unsaturated/α-hetero) is 1. The molecule has 2 atom stereocenters. The van der Waals surface area contributed by atoms with Gasteiger partial charge in [0, 0.05) is 18.9 Å². The highest BCUT2D eigenvalue weighted by Gasteiger charge is 2.29. The van der Waals surface area contributed by atoms with Gasteiger partial charge in [-0.1, -0.05) is 6.07 Å². The molecule has 2 aromatic heterocycles. The van der Waals surface area contributed by atoms with Crippen LogP contribution in [0.4, 0.5) is 0 Å². The van der Waals surface area contributed by atoms with Gasteiger partial charge in [0.15, 0.2) is 5.78 Å². The summed E-state index contributed by atoms with van der Waals surface area (Å²) in [5, 5.41) is 4.87. The van der Waals surface area contributed by atoms with Crippen molar-refractivity contribution in [3.05, 3.63) is 46.3 Å². The number of ether oxygens (including phenoxy) is 2. The number of pyridine rings is 1. The Morgan fingerprint density at radius 1 is 1.44 bits per heavy atom. The van der Waals surface area contributed by atoms with Gasteiger partial charge < -0.3 is 14.8 Å². The second-order valence-corrected chi connectivity index (χ2v) is 6.83. The van der Waals surface area contributed by atoms with E-state index in [1.807, 2.05) is 17.5 Å². The number of ketones is 1. The van der Waals surface area contributed by atoms with Gasteiger partial charge in [0.25, 0.3) is 0 Å². The second-order valence-electron chi connectivity index (χ2n) is 5.91. The van der Waals surface area contributed by atoms with E-state index in [1.54, 1.807) is 18.3 Å². The van der Waals surface area contributed by atoms with E-state index in [9.17, 15) is 9.59 Å². The maximum atomic E-state index is 12.4. The zero-order valence-corrected chi connectivity index (χ0v) is 14.8. The highest BCUT2D eigenvalue weighted by Crippen LogP contribution is 2.18. The first-order valence-corrected chi connectivity index (χ1v) is 9.03. The number of amides is 1. The molecule has 2 unspecified atom stereocenters. The summed E-state index contributed by atoms with van der Waals surface area (Å²) < 4.78 is 11.3. The molecule has 7 heteroatoms. The molecule has 0 aromatic carbocycles. The molecule has 1 amide bonds. The first kappa shape index (κ1) is 17.6. The van der Waals surface area contributed by atoms with Crippen molar-refractivity contribution >= 4 is 23.0 Å². The van der Waals surface area contributed by atoms with Crippen LogP contribution in [0.2, 0.25) is 0 Å². The fourth-order valence-corrected chi connectivity index (χ4v) is 3.48. The molecule has 6 nitrogen and oxygen atoms in total. The minimum absolute atomic E-state index is 0.0184. The van der Waals surface area contributed by atoms with Gasteiger partial charge in [0.2, 0.25) is 11.8 Å². The predicted molar refractivity (Wildman–Crippen MR) is 94.0 cm³/mol. The lowest BCUT2D eigenvalue weighted by atomic mass is 10.1. The van der Waals surface area contributed by atoms with Crippen molar-refractivity contribution in [2.45, 2.75) is 31.9 Å². The summed E-state index contributed by atoms with van der Waals surface area (Å²) in [6, 6.07) is 7.09. The van der Waals surface area contributed by atoms with Gasteiger partial charge in [-0.05, 0) is 36.4 Å². The normalized spacial score (nSPS) is 20.0. The van der Waals surface area contributed by atoms with Crippen LogP contribution >= 0.6 is 11.3 Å². The Hall–Kier alpha value is -2.25. The number of rotatable bonds is 6. The molecule has 2 aromatic rings. The number of aromatic nitrogens is 1. The Labute approximate surface area is 150 Å². The lowest BCUT2D eigenvalue weighted by Crippen LogP contribution is -2.51. The van der Waals surface area contributed by atoms with Crippen LogP contribution in [-0.4, -0.2) is 42.0 Å². The number of hydrogen-bond acceptors (Lipinski definition) is 6. The van der Waals surface area contributed by atoms with Crippen molar-refractivity contribution in [2.24, 2.45) is 0 Å². The summed E-state index contributed by atoms with van der Waals surface area (Å²) in [6.07, 6.45) is 2.32. The molecule has 1 aliphatic heterocycles. The number of carbonyl (C=O) groups is 2. The topological polar surface area (TPSA) is 77.5 Å². The van der Waals surface area contributed by atoms with Crippen LogP contribution in [0.1, 0.15) is 28.6 Å². The maximum absolute atomic E-state index is 12.4. The number of hydrogen-bond donors (Lipinski definition) is 1. The van der Waals surface area contributed by atoms with Crippen LogP contribution in [-0.2, 0) is 16.0 Å². The summed E-state index contributed by atoms with van der Waals surface area (Å²) in [4.78, 5) is 28.5.